The van der Waals surface area contributed by atoms with Crippen LogP contribution in [0.4, 0.5) is 13.2 Å². The quantitative estimate of drug-likeness (QED) is 0.853. The molecular formula is C8H5F3N4O. The summed E-state index contributed by atoms with van der Waals surface area (Å²) < 4.78 is 40.1. The van der Waals surface area contributed by atoms with Gasteiger partial charge in [-0.05, 0) is 17.3 Å². The number of para-hydroxylation sites is 1. The molecule has 1 aromatic heterocycles. The van der Waals surface area contributed by atoms with E-state index < -0.39 is 6.36 Å². The number of rotatable bonds is 2. The van der Waals surface area contributed by atoms with Crippen LogP contribution in [0, 0.1) is 0 Å². The minimum absolute atomic E-state index is 0.0415. The van der Waals surface area contributed by atoms with Gasteiger partial charge in [-0.3, -0.25) is 0 Å². The Bertz CT molecular complexity index is 468. The van der Waals surface area contributed by atoms with E-state index in [4.69, 9.17) is 0 Å². The van der Waals surface area contributed by atoms with Crippen LogP contribution in [0.15, 0.2) is 24.3 Å². The fourth-order valence-electron chi connectivity index (χ4n) is 1.14. The molecule has 8 heteroatoms. The molecule has 2 aromatic rings. The number of nitrogens with zero attached hydrogens (tertiary/aromatic N) is 3. The van der Waals surface area contributed by atoms with Crippen molar-refractivity contribution in [1.82, 2.24) is 20.6 Å². The van der Waals surface area contributed by atoms with Crippen molar-refractivity contribution in [3.05, 3.63) is 24.3 Å². The van der Waals surface area contributed by atoms with Gasteiger partial charge >= 0.3 is 6.36 Å². The van der Waals surface area contributed by atoms with Crippen LogP contribution in [0.5, 0.6) is 5.75 Å². The van der Waals surface area contributed by atoms with Crippen molar-refractivity contribution in [2.75, 3.05) is 0 Å². The molecule has 1 heterocycles. The first-order chi connectivity index (χ1) is 7.56. The zero-order valence-electron chi connectivity index (χ0n) is 7.69. The third-order valence-electron chi connectivity index (χ3n) is 1.70. The van der Waals surface area contributed by atoms with Crippen LogP contribution >= 0.6 is 0 Å². The van der Waals surface area contributed by atoms with E-state index in [1.54, 1.807) is 6.07 Å². The molecule has 84 valence electrons. The fraction of sp³-hybridized carbons (Fsp3) is 0.125. The van der Waals surface area contributed by atoms with E-state index in [0.717, 1.165) is 0 Å². The Kier molecular flexibility index (Phi) is 2.47. The van der Waals surface area contributed by atoms with Gasteiger partial charge in [0.05, 0.1) is 5.56 Å². The number of alkyl halides is 3. The summed E-state index contributed by atoms with van der Waals surface area (Å²) in [4.78, 5) is 0. The molecule has 0 bridgehead atoms. The van der Waals surface area contributed by atoms with Crippen molar-refractivity contribution in [3.8, 4) is 17.1 Å². The molecule has 2 rings (SSSR count). The van der Waals surface area contributed by atoms with Crippen LogP contribution in [0.2, 0.25) is 0 Å². The first-order valence-corrected chi connectivity index (χ1v) is 4.15. The maximum atomic E-state index is 12.1. The van der Waals surface area contributed by atoms with Gasteiger partial charge in [-0.2, -0.15) is 5.21 Å². The normalized spacial score (nSPS) is 11.4. The van der Waals surface area contributed by atoms with Crippen LogP contribution < -0.4 is 4.74 Å². The minimum Gasteiger partial charge on any atom is -0.405 e. The van der Waals surface area contributed by atoms with E-state index in [2.05, 4.69) is 25.4 Å². The number of nitrogens with one attached hydrogen (secondary N) is 1. The Morgan fingerprint density at radius 3 is 2.56 bits per heavy atom. The number of hydrogen-bond acceptors (Lipinski definition) is 4. The van der Waals surface area contributed by atoms with Gasteiger partial charge in [0.25, 0.3) is 0 Å². The maximum absolute atomic E-state index is 12.1. The van der Waals surface area contributed by atoms with E-state index in [-0.39, 0.29) is 17.1 Å². The van der Waals surface area contributed by atoms with Crippen LogP contribution in [-0.2, 0) is 0 Å². The highest BCUT2D eigenvalue weighted by molar-refractivity contribution is 5.63. The molecule has 0 fully saturated rings. The Morgan fingerprint density at radius 2 is 1.94 bits per heavy atom. The molecule has 0 aliphatic carbocycles. The summed E-state index contributed by atoms with van der Waals surface area (Å²) >= 11 is 0. The standard InChI is InChI=1S/C8H5F3N4O/c9-8(10,11)16-6-4-2-1-3-5(6)7-12-14-15-13-7/h1-4H,(H,12,13,14,15). The lowest BCUT2D eigenvalue weighted by atomic mass is 10.2. The average Bonchev–Trinajstić information content (AvgIpc) is 2.69. The summed E-state index contributed by atoms with van der Waals surface area (Å²) in [7, 11) is 0. The Balaban J connectivity index is 2.39. The second-order valence-electron chi connectivity index (χ2n) is 2.78. The molecule has 16 heavy (non-hydrogen) atoms. The zero-order valence-corrected chi connectivity index (χ0v) is 7.69. The maximum Gasteiger partial charge on any atom is 0.573 e. The van der Waals surface area contributed by atoms with Crippen LogP contribution in [0.25, 0.3) is 11.4 Å². The predicted octanol–water partition coefficient (Wildman–Crippen LogP) is 1.77. The molecular weight excluding hydrogens is 225 g/mol. The number of aromatic nitrogens is 4. The molecule has 0 amide bonds. The summed E-state index contributed by atoms with van der Waals surface area (Å²) in [6.45, 7) is 0. The van der Waals surface area contributed by atoms with Crippen molar-refractivity contribution in [2.24, 2.45) is 0 Å². The van der Waals surface area contributed by atoms with E-state index >= 15 is 0 Å². The third kappa shape index (κ3) is 2.27. The number of hydrogen-bond donors (Lipinski definition) is 1. The number of benzene rings is 1. The van der Waals surface area contributed by atoms with Gasteiger partial charge in [0.2, 0.25) is 5.82 Å². The third-order valence-corrected chi connectivity index (χ3v) is 1.70. The van der Waals surface area contributed by atoms with Crippen LogP contribution in [-0.4, -0.2) is 27.0 Å². The van der Waals surface area contributed by atoms with E-state index in [1.807, 2.05) is 0 Å². The van der Waals surface area contributed by atoms with E-state index in [0.29, 0.717) is 0 Å². The molecule has 0 aliphatic rings. The molecule has 5 nitrogen and oxygen atoms in total. The molecule has 0 unspecified atom stereocenters. The number of ether oxygens (including phenoxy) is 1. The number of tetrazole rings is 1. The second-order valence-corrected chi connectivity index (χ2v) is 2.78. The highest BCUT2D eigenvalue weighted by atomic mass is 19.4. The van der Waals surface area contributed by atoms with Crippen LogP contribution in [0.3, 0.4) is 0 Å². The average molecular weight is 230 g/mol. The summed E-state index contributed by atoms with van der Waals surface area (Å²) in [5.74, 6) is -0.323. The first-order valence-electron chi connectivity index (χ1n) is 4.15. The fourth-order valence-corrected chi connectivity index (χ4v) is 1.14. The SMILES string of the molecule is FC(F)(F)Oc1ccccc1-c1nn[nH]n1. The smallest absolute Gasteiger partial charge is 0.405 e. The number of H-pyrrole nitrogens is 1. The van der Waals surface area contributed by atoms with E-state index in [9.17, 15) is 13.2 Å². The molecule has 0 radical (unpaired) electrons. The molecule has 0 spiro atoms. The second kappa shape index (κ2) is 3.80. The van der Waals surface area contributed by atoms with Crippen molar-refractivity contribution < 1.29 is 17.9 Å². The van der Waals surface area contributed by atoms with Gasteiger partial charge in [-0.1, -0.05) is 12.1 Å². The lowest BCUT2D eigenvalue weighted by Crippen LogP contribution is -2.17. The molecule has 1 aromatic carbocycles. The minimum atomic E-state index is -4.75. The topological polar surface area (TPSA) is 63.7 Å². The van der Waals surface area contributed by atoms with Crippen molar-refractivity contribution in [1.29, 1.82) is 0 Å². The highest BCUT2D eigenvalue weighted by Crippen LogP contribution is 2.31. The van der Waals surface area contributed by atoms with Gasteiger partial charge in [0.15, 0.2) is 0 Å². The molecule has 0 aliphatic heterocycles. The zero-order chi connectivity index (χ0) is 11.6. The van der Waals surface area contributed by atoms with Crippen molar-refractivity contribution in [3.63, 3.8) is 0 Å². The number of aromatic amines is 1. The van der Waals surface area contributed by atoms with Gasteiger partial charge in [-0.25, -0.2) is 0 Å². The van der Waals surface area contributed by atoms with Gasteiger partial charge in [0.1, 0.15) is 5.75 Å². The Labute approximate surface area is 87.2 Å². The summed E-state index contributed by atoms with van der Waals surface area (Å²) in [6, 6.07) is 5.56. The monoisotopic (exact) mass is 230 g/mol. The van der Waals surface area contributed by atoms with Crippen molar-refractivity contribution in [2.45, 2.75) is 6.36 Å². The molecule has 1 N–H and O–H groups in total. The van der Waals surface area contributed by atoms with Gasteiger partial charge in [0, 0.05) is 0 Å². The molecule has 0 atom stereocenters. The van der Waals surface area contributed by atoms with Crippen molar-refractivity contribution >= 4 is 0 Å². The highest BCUT2D eigenvalue weighted by Gasteiger charge is 2.32. The lowest BCUT2D eigenvalue weighted by Gasteiger charge is -2.10. The Morgan fingerprint density at radius 1 is 1.19 bits per heavy atom. The first kappa shape index (κ1) is 10.4. The van der Waals surface area contributed by atoms with Gasteiger partial charge < -0.3 is 4.74 Å². The van der Waals surface area contributed by atoms with Crippen LogP contribution in [0.1, 0.15) is 0 Å². The number of halogens is 3. The predicted molar refractivity (Wildman–Crippen MR) is 46.3 cm³/mol. The van der Waals surface area contributed by atoms with Gasteiger partial charge in [-0.15, -0.1) is 23.4 Å². The summed E-state index contributed by atoms with van der Waals surface area (Å²) in [6.07, 6.45) is -4.75. The largest absolute Gasteiger partial charge is 0.573 e. The summed E-state index contributed by atoms with van der Waals surface area (Å²) in [5.41, 5.74) is 0.119. The molecule has 0 saturated heterocycles. The lowest BCUT2D eigenvalue weighted by molar-refractivity contribution is -0.274. The van der Waals surface area contributed by atoms with E-state index in [1.165, 1.54) is 18.2 Å². The Hall–Kier alpha value is -2.12. The molecule has 0 saturated carbocycles. The summed E-state index contributed by atoms with van der Waals surface area (Å²) in [5, 5.41) is 12.6.